The van der Waals surface area contributed by atoms with Crippen molar-refractivity contribution in [3.05, 3.63) is 22.7 Å². The number of rotatable bonds is 2. The molecule has 7 heteroatoms. The van der Waals surface area contributed by atoms with Crippen LogP contribution in [0.5, 0.6) is 0 Å². The molecule has 0 spiro atoms. The van der Waals surface area contributed by atoms with Crippen molar-refractivity contribution < 1.29 is 18.3 Å². The van der Waals surface area contributed by atoms with Crippen LogP contribution in [-0.4, -0.2) is 37.8 Å². The molecule has 0 aliphatic carbocycles. The third kappa shape index (κ3) is 2.24. The molecule has 0 bridgehead atoms. The van der Waals surface area contributed by atoms with E-state index in [-0.39, 0.29) is 18.0 Å². The highest BCUT2D eigenvalue weighted by molar-refractivity contribution is 9.10. The Morgan fingerprint density at radius 3 is 2.83 bits per heavy atom. The summed E-state index contributed by atoms with van der Waals surface area (Å²) in [6, 6.07) is 4.86. The lowest BCUT2D eigenvalue weighted by molar-refractivity contribution is -0.135. The van der Waals surface area contributed by atoms with E-state index >= 15 is 0 Å². The van der Waals surface area contributed by atoms with Gasteiger partial charge in [-0.05, 0) is 25.1 Å². The van der Waals surface area contributed by atoms with Crippen molar-refractivity contribution in [1.29, 1.82) is 0 Å². The van der Waals surface area contributed by atoms with E-state index in [0.717, 1.165) is 0 Å². The molecule has 2 rings (SSSR count). The SMILES string of the molecule is CC1CN(CC(=O)O)c2ccc(Br)cc2S1(=O)=O. The largest absolute Gasteiger partial charge is 0.480 e. The minimum Gasteiger partial charge on any atom is -0.480 e. The molecular formula is C11H12BrNO4S. The number of halogens is 1. The van der Waals surface area contributed by atoms with Gasteiger partial charge in [-0.2, -0.15) is 0 Å². The van der Waals surface area contributed by atoms with Gasteiger partial charge in [0.05, 0.1) is 15.8 Å². The Balaban J connectivity index is 2.58. The molecule has 0 aromatic heterocycles. The van der Waals surface area contributed by atoms with Crippen molar-refractivity contribution in [2.75, 3.05) is 18.0 Å². The maximum atomic E-state index is 12.2. The molecule has 0 fully saturated rings. The van der Waals surface area contributed by atoms with Crippen LogP contribution in [0.15, 0.2) is 27.6 Å². The van der Waals surface area contributed by atoms with Crippen LogP contribution in [0, 0.1) is 0 Å². The molecule has 1 unspecified atom stereocenters. The van der Waals surface area contributed by atoms with Crippen LogP contribution in [0.25, 0.3) is 0 Å². The lowest BCUT2D eigenvalue weighted by atomic mass is 10.2. The average molecular weight is 334 g/mol. The van der Waals surface area contributed by atoms with Crippen LogP contribution in [0.4, 0.5) is 5.69 Å². The lowest BCUT2D eigenvalue weighted by Gasteiger charge is -2.33. The van der Waals surface area contributed by atoms with Crippen LogP contribution in [0.1, 0.15) is 6.92 Å². The zero-order valence-corrected chi connectivity index (χ0v) is 12.0. The van der Waals surface area contributed by atoms with Gasteiger partial charge in [0.15, 0.2) is 9.84 Å². The third-order valence-corrected chi connectivity index (χ3v) is 5.54. The van der Waals surface area contributed by atoms with E-state index in [1.165, 1.54) is 6.07 Å². The van der Waals surface area contributed by atoms with Gasteiger partial charge in [0, 0.05) is 11.0 Å². The first-order chi connectivity index (χ1) is 8.32. The average Bonchev–Trinajstić information content (AvgIpc) is 2.25. The fraction of sp³-hybridized carbons (Fsp3) is 0.364. The van der Waals surface area contributed by atoms with Gasteiger partial charge in [-0.3, -0.25) is 4.79 Å². The Morgan fingerprint density at radius 1 is 1.56 bits per heavy atom. The first kappa shape index (κ1) is 13.4. The summed E-state index contributed by atoms with van der Waals surface area (Å²) in [6.07, 6.45) is 0. The topological polar surface area (TPSA) is 74.7 Å². The van der Waals surface area contributed by atoms with Gasteiger partial charge in [-0.1, -0.05) is 15.9 Å². The number of nitrogens with zero attached hydrogens (tertiary/aromatic N) is 1. The minimum atomic E-state index is -3.38. The summed E-state index contributed by atoms with van der Waals surface area (Å²) in [5, 5.41) is 8.25. The molecule has 0 saturated heterocycles. The zero-order valence-electron chi connectivity index (χ0n) is 9.63. The van der Waals surface area contributed by atoms with E-state index < -0.39 is 21.1 Å². The van der Waals surface area contributed by atoms with Crippen molar-refractivity contribution in [2.24, 2.45) is 0 Å². The van der Waals surface area contributed by atoms with Crippen LogP contribution in [0.2, 0.25) is 0 Å². The molecule has 0 radical (unpaired) electrons. The summed E-state index contributed by atoms with van der Waals surface area (Å²) >= 11 is 3.23. The Hall–Kier alpha value is -1.08. The monoisotopic (exact) mass is 333 g/mol. The highest BCUT2D eigenvalue weighted by Gasteiger charge is 2.35. The standard InChI is InChI=1S/C11H12BrNO4S/c1-7-5-13(6-11(14)15)9-3-2-8(12)4-10(9)18(7,16)17/h2-4,7H,5-6H2,1H3,(H,14,15). The van der Waals surface area contributed by atoms with Gasteiger partial charge in [0.1, 0.15) is 6.54 Å². The maximum Gasteiger partial charge on any atom is 0.323 e. The molecule has 0 saturated carbocycles. The van der Waals surface area contributed by atoms with Gasteiger partial charge in [-0.25, -0.2) is 8.42 Å². The Morgan fingerprint density at radius 2 is 2.22 bits per heavy atom. The van der Waals surface area contributed by atoms with E-state index in [4.69, 9.17) is 5.11 Å². The van der Waals surface area contributed by atoms with E-state index in [9.17, 15) is 13.2 Å². The number of benzene rings is 1. The highest BCUT2D eigenvalue weighted by Crippen LogP contribution is 2.35. The molecule has 5 nitrogen and oxygen atoms in total. The van der Waals surface area contributed by atoms with Gasteiger partial charge in [0.25, 0.3) is 0 Å². The predicted molar refractivity (Wildman–Crippen MR) is 70.6 cm³/mol. The number of hydrogen-bond acceptors (Lipinski definition) is 4. The first-order valence-electron chi connectivity index (χ1n) is 5.32. The molecule has 0 amide bonds. The highest BCUT2D eigenvalue weighted by atomic mass is 79.9. The molecule has 1 N–H and O–H groups in total. The second kappa shape index (κ2) is 4.55. The number of fused-ring (bicyclic) bond motifs is 1. The fourth-order valence-electron chi connectivity index (χ4n) is 2.01. The number of carboxylic acids is 1. The van der Waals surface area contributed by atoms with E-state index in [1.54, 1.807) is 24.0 Å². The summed E-state index contributed by atoms with van der Waals surface area (Å²) in [4.78, 5) is 12.6. The molecular weight excluding hydrogens is 322 g/mol. The molecule has 1 aliphatic heterocycles. The second-order valence-corrected chi connectivity index (χ2v) is 7.49. The van der Waals surface area contributed by atoms with Crippen molar-refractivity contribution in [2.45, 2.75) is 17.1 Å². The minimum absolute atomic E-state index is 0.192. The van der Waals surface area contributed by atoms with Crippen molar-refractivity contribution in [3.8, 4) is 0 Å². The molecule has 1 atom stereocenters. The van der Waals surface area contributed by atoms with Crippen molar-refractivity contribution >= 4 is 37.4 Å². The van der Waals surface area contributed by atoms with Crippen LogP contribution < -0.4 is 4.90 Å². The number of aliphatic carboxylic acids is 1. The van der Waals surface area contributed by atoms with Crippen molar-refractivity contribution in [1.82, 2.24) is 0 Å². The summed E-state index contributed by atoms with van der Waals surface area (Å²) in [5.41, 5.74) is 0.457. The number of sulfone groups is 1. The smallest absolute Gasteiger partial charge is 0.323 e. The summed E-state index contributed by atoms with van der Waals surface area (Å²) in [5.74, 6) is -0.977. The summed E-state index contributed by atoms with van der Waals surface area (Å²) in [7, 11) is -3.38. The summed E-state index contributed by atoms with van der Waals surface area (Å²) in [6.45, 7) is 1.59. The van der Waals surface area contributed by atoms with E-state index in [2.05, 4.69) is 15.9 Å². The molecule has 18 heavy (non-hydrogen) atoms. The lowest BCUT2D eigenvalue weighted by Crippen LogP contribution is -2.43. The van der Waals surface area contributed by atoms with Crippen molar-refractivity contribution in [3.63, 3.8) is 0 Å². The van der Waals surface area contributed by atoms with Gasteiger partial charge < -0.3 is 10.0 Å². The van der Waals surface area contributed by atoms with Crippen LogP contribution in [-0.2, 0) is 14.6 Å². The van der Waals surface area contributed by atoms with Crippen LogP contribution in [0.3, 0.4) is 0 Å². The van der Waals surface area contributed by atoms with E-state index in [1.807, 2.05) is 0 Å². The number of hydrogen-bond donors (Lipinski definition) is 1. The molecule has 1 aromatic carbocycles. The first-order valence-corrected chi connectivity index (χ1v) is 7.66. The number of anilines is 1. The Labute approximate surface area is 113 Å². The number of carboxylic acid groups (broad SMARTS) is 1. The Bertz CT molecular complexity index is 599. The molecule has 1 heterocycles. The fourth-order valence-corrected chi connectivity index (χ4v) is 4.12. The van der Waals surface area contributed by atoms with Crippen LogP contribution >= 0.6 is 15.9 Å². The quantitative estimate of drug-likeness (QED) is 0.888. The van der Waals surface area contributed by atoms with Gasteiger partial charge >= 0.3 is 5.97 Å². The number of carbonyl (C=O) groups is 1. The normalized spacial score (nSPS) is 21.4. The second-order valence-electron chi connectivity index (χ2n) is 4.24. The predicted octanol–water partition coefficient (Wildman–Crippen LogP) is 1.52. The zero-order chi connectivity index (χ0) is 13.5. The molecule has 98 valence electrons. The molecule has 1 aliphatic rings. The maximum absolute atomic E-state index is 12.2. The summed E-state index contributed by atoms with van der Waals surface area (Å²) < 4.78 is 25.0. The molecule has 1 aromatic rings. The van der Waals surface area contributed by atoms with E-state index in [0.29, 0.717) is 10.2 Å². The Kier molecular flexibility index (Phi) is 3.37. The van der Waals surface area contributed by atoms with Gasteiger partial charge in [-0.15, -0.1) is 0 Å². The van der Waals surface area contributed by atoms with Gasteiger partial charge in [0.2, 0.25) is 0 Å². The third-order valence-electron chi connectivity index (χ3n) is 2.90.